The van der Waals surface area contributed by atoms with Crippen LogP contribution in [0.3, 0.4) is 0 Å². The Balaban J connectivity index is 2.09. The maximum absolute atomic E-state index is 12.0. The zero-order valence-corrected chi connectivity index (χ0v) is 11.6. The predicted octanol–water partition coefficient (Wildman–Crippen LogP) is 2.01. The van der Waals surface area contributed by atoms with Crippen LogP contribution >= 0.6 is 11.6 Å². The summed E-state index contributed by atoms with van der Waals surface area (Å²) in [4.78, 5) is 28.6. The molecule has 0 aromatic heterocycles. The van der Waals surface area contributed by atoms with Crippen LogP contribution in [-0.4, -0.2) is 17.0 Å². The monoisotopic (exact) mass is 305 g/mol. The molecule has 7 heteroatoms. The van der Waals surface area contributed by atoms with Gasteiger partial charge in [-0.1, -0.05) is 28.9 Å². The quantitative estimate of drug-likeness (QED) is 0.383. The average molecular weight is 306 g/mol. The summed E-state index contributed by atoms with van der Waals surface area (Å²) >= 11 is 5.72. The average Bonchev–Trinajstić information content (AvgIpc) is 2.47. The number of halogens is 1. The van der Waals surface area contributed by atoms with Crippen molar-refractivity contribution in [3.8, 4) is 0 Å². The van der Waals surface area contributed by atoms with E-state index in [1.807, 2.05) is 0 Å². The third kappa shape index (κ3) is 3.50. The van der Waals surface area contributed by atoms with Crippen molar-refractivity contribution in [3.63, 3.8) is 0 Å². The number of para-hydroxylation sites is 1. The molecule has 0 bridgehead atoms. The lowest BCUT2D eigenvalue weighted by Gasteiger charge is -2.15. The number of benzene rings is 2. The molecule has 0 radical (unpaired) electrons. The van der Waals surface area contributed by atoms with E-state index in [0.29, 0.717) is 10.2 Å². The number of nitrogens with two attached hydrogens (primary N) is 2. The number of amides is 1. The highest BCUT2D eigenvalue weighted by molar-refractivity contribution is 6.30. The van der Waals surface area contributed by atoms with Crippen LogP contribution in [0.5, 0.6) is 0 Å². The molecule has 4 N–H and O–H groups in total. The fourth-order valence-corrected chi connectivity index (χ4v) is 1.71. The minimum absolute atomic E-state index is 0.122. The molecule has 2 aromatic rings. The van der Waals surface area contributed by atoms with Crippen molar-refractivity contribution in [2.24, 2.45) is 5.84 Å². The summed E-state index contributed by atoms with van der Waals surface area (Å²) in [6, 6.07) is 12.3. The Bertz CT molecular complexity index is 673. The van der Waals surface area contributed by atoms with Gasteiger partial charge < -0.3 is 10.6 Å². The van der Waals surface area contributed by atoms with Gasteiger partial charge in [-0.3, -0.25) is 4.79 Å². The summed E-state index contributed by atoms with van der Waals surface area (Å²) in [6.45, 7) is 0. The number of carbonyl (C=O) groups is 2. The van der Waals surface area contributed by atoms with Crippen LogP contribution in [0.1, 0.15) is 20.7 Å². The summed E-state index contributed by atoms with van der Waals surface area (Å²) in [5.74, 6) is 3.94. The largest absolute Gasteiger partial charge is 0.398 e. The number of anilines is 1. The molecule has 1 amide bonds. The first-order valence-electron chi connectivity index (χ1n) is 5.90. The number of rotatable bonds is 2. The standard InChI is InChI=1S/C14H12ClN3O3/c15-10-7-5-9(6-8-10)13(19)18(17)21-14(20)11-3-1-2-4-12(11)16/h1-8H,16-17H2. The fourth-order valence-electron chi connectivity index (χ4n) is 1.58. The molecule has 2 aromatic carbocycles. The molecular weight excluding hydrogens is 294 g/mol. The van der Waals surface area contributed by atoms with E-state index < -0.39 is 11.9 Å². The number of nitrogens with zero attached hydrogens (tertiary/aromatic N) is 1. The fraction of sp³-hybridized carbons (Fsp3) is 0. The molecule has 0 atom stereocenters. The molecule has 6 nitrogen and oxygen atoms in total. The van der Waals surface area contributed by atoms with E-state index in [1.54, 1.807) is 18.2 Å². The number of nitrogen functional groups attached to an aromatic ring is 1. The lowest BCUT2D eigenvalue weighted by molar-refractivity contribution is -0.0828. The van der Waals surface area contributed by atoms with Crippen LogP contribution in [0.15, 0.2) is 48.5 Å². The Morgan fingerprint density at radius 2 is 1.67 bits per heavy atom. The Morgan fingerprint density at radius 3 is 2.29 bits per heavy atom. The van der Waals surface area contributed by atoms with Crippen LogP contribution in [0.2, 0.25) is 5.02 Å². The number of hydrazine groups is 1. The van der Waals surface area contributed by atoms with Gasteiger partial charge in [-0.15, -0.1) is 0 Å². The van der Waals surface area contributed by atoms with Crippen molar-refractivity contribution in [1.82, 2.24) is 5.17 Å². The van der Waals surface area contributed by atoms with Crippen LogP contribution in [0, 0.1) is 0 Å². The zero-order valence-electron chi connectivity index (χ0n) is 10.8. The summed E-state index contributed by atoms with van der Waals surface area (Å²) < 4.78 is 0. The van der Waals surface area contributed by atoms with Crippen LogP contribution < -0.4 is 11.6 Å². The molecule has 108 valence electrons. The number of carbonyl (C=O) groups excluding carboxylic acids is 2. The van der Waals surface area contributed by atoms with E-state index in [4.69, 9.17) is 28.0 Å². The van der Waals surface area contributed by atoms with Crippen LogP contribution in [0.4, 0.5) is 5.69 Å². The summed E-state index contributed by atoms with van der Waals surface area (Å²) in [5, 5.41) is 0.835. The van der Waals surface area contributed by atoms with Gasteiger partial charge in [-0.25, -0.2) is 10.6 Å². The van der Waals surface area contributed by atoms with Gasteiger partial charge in [0, 0.05) is 16.3 Å². The summed E-state index contributed by atoms with van der Waals surface area (Å²) in [5.41, 5.74) is 6.23. The van der Waals surface area contributed by atoms with E-state index in [1.165, 1.54) is 30.3 Å². The molecule has 0 aliphatic rings. The van der Waals surface area contributed by atoms with Crippen LogP contribution in [-0.2, 0) is 4.84 Å². The lowest BCUT2D eigenvalue weighted by atomic mass is 10.2. The number of hydrogen-bond donors (Lipinski definition) is 2. The highest BCUT2D eigenvalue weighted by Crippen LogP contribution is 2.14. The van der Waals surface area contributed by atoms with Gasteiger partial charge in [0.2, 0.25) is 0 Å². The topological polar surface area (TPSA) is 98.7 Å². The Hall–Kier alpha value is -2.57. The first-order chi connectivity index (χ1) is 9.99. The second kappa shape index (κ2) is 6.25. The predicted molar refractivity (Wildman–Crippen MR) is 78.1 cm³/mol. The second-order valence-electron chi connectivity index (χ2n) is 4.10. The minimum Gasteiger partial charge on any atom is -0.398 e. The highest BCUT2D eigenvalue weighted by Gasteiger charge is 2.19. The SMILES string of the molecule is Nc1ccccc1C(=O)ON(N)C(=O)c1ccc(Cl)cc1. The van der Waals surface area contributed by atoms with Gasteiger partial charge in [0.25, 0.3) is 0 Å². The van der Waals surface area contributed by atoms with Gasteiger partial charge in [-0.05, 0) is 36.4 Å². The first-order valence-corrected chi connectivity index (χ1v) is 6.28. The molecule has 0 aliphatic carbocycles. The Labute approximate surface area is 125 Å². The lowest BCUT2D eigenvalue weighted by Crippen LogP contribution is -2.39. The summed E-state index contributed by atoms with van der Waals surface area (Å²) in [7, 11) is 0. The van der Waals surface area contributed by atoms with E-state index >= 15 is 0 Å². The van der Waals surface area contributed by atoms with Crippen molar-refractivity contribution in [3.05, 3.63) is 64.7 Å². The van der Waals surface area contributed by atoms with Gasteiger partial charge in [0.15, 0.2) is 0 Å². The number of hydrogen-bond acceptors (Lipinski definition) is 5. The molecule has 0 fully saturated rings. The Morgan fingerprint density at radius 1 is 1.05 bits per heavy atom. The normalized spacial score (nSPS) is 10.0. The van der Waals surface area contributed by atoms with Crippen molar-refractivity contribution in [2.45, 2.75) is 0 Å². The van der Waals surface area contributed by atoms with E-state index in [-0.39, 0.29) is 16.8 Å². The maximum Gasteiger partial charge on any atom is 0.367 e. The molecule has 0 spiro atoms. The van der Waals surface area contributed by atoms with Crippen molar-refractivity contribution >= 4 is 29.2 Å². The highest BCUT2D eigenvalue weighted by atomic mass is 35.5. The first kappa shape index (κ1) is 14.8. The molecule has 0 saturated carbocycles. The molecular formula is C14H12ClN3O3. The third-order valence-corrected chi connectivity index (χ3v) is 2.91. The molecule has 0 unspecified atom stereocenters. The van der Waals surface area contributed by atoms with Crippen molar-refractivity contribution in [1.29, 1.82) is 0 Å². The van der Waals surface area contributed by atoms with Crippen LogP contribution in [0.25, 0.3) is 0 Å². The van der Waals surface area contributed by atoms with Crippen molar-refractivity contribution in [2.75, 3.05) is 5.73 Å². The van der Waals surface area contributed by atoms with E-state index in [9.17, 15) is 9.59 Å². The van der Waals surface area contributed by atoms with E-state index in [2.05, 4.69) is 0 Å². The van der Waals surface area contributed by atoms with Gasteiger partial charge in [-0.2, -0.15) is 0 Å². The van der Waals surface area contributed by atoms with Gasteiger partial charge in [0.1, 0.15) is 0 Å². The summed E-state index contributed by atoms with van der Waals surface area (Å²) in [6.07, 6.45) is 0. The van der Waals surface area contributed by atoms with Crippen molar-refractivity contribution < 1.29 is 14.4 Å². The zero-order chi connectivity index (χ0) is 15.4. The van der Waals surface area contributed by atoms with Gasteiger partial charge in [0.05, 0.1) is 5.56 Å². The molecule has 2 rings (SSSR count). The smallest absolute Gasteiger partial charge is 0.367 e. The number of hydroxylamine groups is 1. The minimum atomic E-state index is -0.821. The second-order valence-corrected chi connectivity index (χ2v) is 4.54. The maximum atomic E-state index is 12.0. The molecule has 0 saturated heterocycles. The molecule has 0 aliphatic heterocycles. The third-order valence-electron chi connectivity index (χ3n) is 2.65. The molecule has 0 heterocycles. The van der Waals surface area contributed by atoms with E-state index in [0.717, 1.165) is 0 Å². The Kier molecular flexibility index (Phi) is 4.42. The van der Waals surface area contributed by atoms with Gasteiger partial charge >= 0.3 is 11.9 Å². The molecule has 21 heavy (non-hydrogen) atoms.